The highest BCUT2D eigenvalue weighted by Gasteiger charge is 2.09. The first-order chi connectivity index (χ1) is 5.45. The predicted octanol–water partition coefficient (Wildman–Crippen LogP) is 0.993. The fourth-order valence-corrected chi connectivity index (χ4v) is 0.348. The van der Waals surface area contributed by atoms with Crippen LogP contribution in [0.5, 0.6) is 0 Å². The summed E-state index contributed by atoms with van der Waals surface area (Å²) in [6, 6.07) is 0. The minimum Gasteiger partial charge on any atom is -0.347 e. The van der Waals surface area contributed by atoms with E-state index in [4.69, 9.17) is 4.74 Å². The van der Waals surface area contributed by atoms with Gasteiger partial charge < -0.3 is 4.74 Å². The van der Waals surface area contributed by atoms with Crippen LogP contribution in [0.3, 0.4) is 0 Å². The summed E-state index contributed by atoms with van der Waals surface area (Å²) in [6.07, 6.45) is 1.12. The molecule has 0 aliphatic carbocycles. The molecule has 0 saturated heterocycles. The number of hydrogen-bond donors (Lipinski definition) is 1. The second kappa shape index (κ2) is 4.90. The van der Waals surface area contributed by atoms with E-state index in [9.17, 15) is 4.79 Å². The maximum atomic E-state index is 10.5. The maximum Gasteiger partial charge on any atom is 0.267 e. The van der Waals surface area contributed by atoms with Crippen LogP contribution in [-0.4, -0.2) is 18.3 Å². The summed E-state index contributed by atoms with van der Waals surface area (Å²) >= 11 is 0. The Bertz CT molecular complexity index is 160. The average Bonchev–Trinajstić information content (AvgIpc) is 1.96. The zero-order valence-corrected chi connectivity index (χ0v) is 7.72. The molecule has 0 rings (SSSR count). The molecule has 4 heteroatoms. The highest BCUT2D eigenvalue weighted by molar-refractivity contribution is 5.85. The Labute approximate surface area is 72.5 Å². The summed E-state index contributed by atoms with van der Waals surface area (Å²) in [5, 5.41) is 0. The summed E-state index contributed by atoms with van der Waals surface area (Å²) in [5.74, 6) is -0.382. The molecule has 0 radical (unpaired) electrons. The molecule has 0 fully saturated rings. The third-order valence-corrected chi connectivity index (χ3v) is 0.909. The quantitative estimate of drug-likeness (QED) is 0.298. The van der Waals surface area contributed by atoms with E-state index in [0.717, 1.165) is 6.08 Å². The molecule has 0 aliphatic rings. The van der Waals surface area contributed by atoms with Crippen molar-refractivity contribution in [2.24, 2.45) is 0 Å². The van der Waals surface area contributed by atoms with Gasteiger partial charge in [0.25, 0.3) is 5.91 Å². The van der Waals surface area contributed by atoms with Gasteiger partial charge in [0.15, 0.2) is 6.79 Å². The molecule has 0 saturated carbocycles. The first-order valence-corrected chi connectivity index (χ1v) is 3.64. The highest BCUT2D eigenvalue weighted by Crippen LogP contribution is 2.05. The molecule has 1 amide bonds. The Kier molecular flexibility index (Phi) is 4.54. The topological polar surface area (TPSA) is 47.6 Å². The van der Waals surface area contributed by atoms with Crippen LogP contribution in [0.2, 0.25) is 0 Å². The number of ether oxygens (including phenoxy) is 1. The normalized spacial score (nSPS) is 10.9. The summed E-state index contributed by atoms with van der Waals surface area (Å²) in [7, 11) is 0. The molecule has 0 aromatic carbocycles. The van der Waals surface area contributed by atoms with Gasteiger partial charge in [0.05, 0.1) is 5.60 Å². The van der Waals surface area contributed by atoms with Gasteiger partial charge in [-0.2, -0.15) is 0 Å². The maximum absolute atomic E-state index is 10.5. The van der Waals surface area contributed by atoms with E-state index in [0.29, 0.717) is 0 Å². The monoisotopic (exact) mass is 173 g/mol. The summed E-state index contributed by atoms with van der Waals surface area (Å²) in [5.41, 5.74) is 1.86. The first-order valence-electron chi connectivity index (χ1n) is 3.64. The fourth-order valence-electron chi connectivity index (χ4n) is 0.348. The second-order valence-corrected chi connectivity index (χ2v) is 3.19. The number of carbonyl (C=O) groups excluding carboxylic acids is 1. The third kappa shape index (κ3) is 7.24. The van der Waals surface area contributed by atoms with Crippen LogP contribution in [0.4, 0.5) is 0 Å². The van der Waals surface area contributed by atoms with Crippen LogP contribution in [0.25, 0.3) is 0 Å². The van der Waals surface area contributed by atoms with E-state index in [1.54, 1.807) is 0 Å². The van der Waals surface area contributed by atoms with Crippen molar-refractivity contribution in [1.29, 1.82) is 0 Å². The lowest BCUT2D eigenvalue weighted by molar-refractivity contribution is -0.163. The van der Waals surface area contributed by atoms with Gasteiger partial charge in [-0.25, -0.2) is 10.3 Å². The lowest BCUT2D eigenvalue weighted by Gasteiger charge is -2.18. The Hall–Kier alpha value is -0.870. The molecule has 0 unspecified atom stereocenters. The van der Waals surface area contributed by atoms with Gasteiger partial charge in [-0.3, -0.25) is 4.79 Å². The van der Waals surface area contributed by atoms with Crippen molar-refractivity contribution in [1.82, 2.24) is 5.48 Å². The van der Waals surface area contributed by atoms with Gasteiger partial charge >= 0.3 is 0 Å². The van der Waals surface area contributed by atoms with Crippen molar-refractivity contribution in [2.45, 2.75) is 26.4 Å². The second-order valence-electron chi connectivity index (χ2n) is 3.19. The van der Waals surface area contributed by atoms with Gasteiger partial charge in [0.2, 0.25) is 0 Å². The Morgan fingerprint density at radius 2 is 2.17 bits per heavy atom. The van der Waals surface area contributed by atoms with Gasteiger partial charge in [0, 0.05) is 0 Å². The standard InChI is InChI=1S/C8H15NO3/c1-5-7(10)9-12-6-11-8(2,3)4/h5H,1,6H2,2-4H3,(H,9,10). The fraction of sp³-hybridized carbons (Fsp3) is 0.625. The summed E-state index contributed by atoms with van der Waals surface area (Å²) in [4.78, 5) is 15.2. The molecule has 0 atom stereocenters. The third-order valence-electron chi connectivity index (χ3n) is 0.909. The molecule has 12 heavy (non-hydrogen) atoms. The molecule has 70 valence electrons. The van der Waals surface area contributed by atoms with Gasteiger partial charge in [-0.05, 0) is 26.8 Å². The van der Waals surface area contributed by atoms with Crippen LogP contribution in [0.1, 0.15) is 20.8 Å². The van der Waals surface area contributed by atoms with Gasteiger partial charge in [-0.15, -0.1) is 0 Å². The number of carbonyl (C=O) groups is 1. The van der Waals surface area contributed by atoms with Crippen molar-refractivity contribution in [2.75, 3.05) is 6.79 Å². The smallest absolute Gasteiger partial charge is 0.267 e. The van der Waals surface area contributed by atoms with Gasteiger partial charge in [0.1, 0.15) is 0 Å². The molecule has 0 spiro atoms. The lowest BCUT2D eigenvalue weighted by atomic mass is 10.2. The largest absolute Gasteiger partial charge is 0.347 e. The van der Waals surface area contributed by atoms with Crippen LogP contribution < -0.4 is 5.48 Å². The molecule has 0 aliphatic heterocycles. The van der Waals surface area contributed by atoms with Crippen molar-refractivity contribution < 1.29 is 14.4 Å². The van der Waals surface area contributed by atoms with Crippen LogP contribution in [0.15, 0.2) is 12.7 Å². The summed E-state index contributed by atoms with van der Waals surface area (Å²) < 4.78 is 5.15. The summed E-state index contributed by atoms with van der Waals surface area (Å²) in [6.45, 7) is 8.97. The Morgan fingerprint density at radius 1 is 1.58 bits per heavy atom. The number of hydroxylamine groups is 1. The molecule has 0 aromatic rings. The minimum atomic E-state index is -0.382. The molecule has 0 heterocycles. The van der Waals surface area contributed by atoms with E-state index in [-0.39, 0.29) is 18.3 Å². The molecule has 4 nitrogen and oxygen atoms in total. The zero-order valence-electron chi connectivity index (χ0n) is 7.72. The van der Waals surface area contributed by atoms with Crippen LogP contribution in [0, 0.1) is 0 Å². The minimum absolute atomic E-state index is 0.0308. The van der Waals surface area contributed by atoms with Crippen molar-refractivity contribution in [3.8, 4) is 0 Å². The van der Waals surface area contributed by atoms with E-state index >= 15 is 0 Å². The number of hydrogen-bond acceptors (Lipinski definition) is 3. The van der Waals surface area contributed by atoms with E-state index in [1.807, 2.05) is 20.8 Å². The van der Waals surface area contributed by atoms with Crippen LogP contribution >= 0.6 is 0 Å². The SMILES string of the molecule is C=CC(=O)NOCOC(C)(C)C. The number of amides is 1. The Balaban J connectivity index is 3.34. The van der Waals surface area contributed by atoms with Crippen LogP contribution in [-0.2, 0) is 14.4 Å². The first kappa shape index (κ1) is 11.1. The number of nitrogens with one attached hydrogen (secondary N) is 1. The Morgan fingerprint density at radius 3 is 2.58 bits per heavy atom. The average molecular weight is 173 g/mol. The van der Waals surface area contributed by atoms with Crippen molar-refractivity contribution >= 4 is 5.91 Å². The molecular formula is C8H15NO3. The molecule has 0 bridgehead atoms. The lowest BCUT2D eigenvalue weighted by Crippen LogP contribution is -2.27. The highest BCUT2D eigenvalue weighted by atomic mass is 16.8. The van der Waals surface area contributed by atoms with E-state index < -0.39 is 0 Å². The van der Waals surface area contributed by atoms with E-state index in [1.165, 1.54) is 0 Å². The van der Waals surface area contributed by atoms with Crippen molar-refractivity contribution in [3.63, 3.8) is 0 Å². The number of rotatable bonds is 4. The zero-order chi connectivity index (χ0) is 9.61. The van der Waals surface area contributed by atoms with Crippen molar-refractivity contribution in [3.05, 3.63) is 12.7 Å². The van der Waals surface area contributed by atoms with Gasteiger partial charge in [-0.1, -0.05) is 6.58 Å². The predicted molar refractivity (Wildman–Crippen MR) is 45.1 cm³/mol. The molecule has 1 N–H and O–H groups in total. The molecular weight excluding hydrogens is 158 g/mol. The molecule has 0 aromatic heterocycles. The van der Waals surface area contributed by atoms with E-state index in [2.05, 4.69) is 16.9 Å².